The van der Waals surface area contributed by atoms with Crippen molar-refractivity contribution in [2.75, 3.05) is 32.6 Å². The number of aryl methyl sites for hydroxylation is 2. The van der Waals surface area contributed by atoms with Gasteiger partial charge in [-0.3, -0.25) is 4.98 Å². The fourth-order valence-corrected chi connectivity index (χ4v) is 7.79. The van der Waals surface area contributed by atoms with E-state index < -0.39 is 9.84 Å². The monoisotopic (exact) mass is 621 g/mol. The molecule has 1 N–H and O–H groups in total. The number of hydrogen-bond donors (Lipinski definition) is 1. The Kier molecular flexibility index (Phi) is 9.96. The lowest BCUT2D eigenvalue weighted by molar-refractivity contribution is 0.121. The zero-order valence-electron chi connectivity index (χ0n) is 25.3. The van der Waals surface area contributed by atoms with Gasteiger partial charge < -0.3 is 15.0 Å². The number of benzene rings is 2. The van der Waals surface area contributed by atoms with Crippen LogP contribution < -0.4 is 5.32 Å². The molecule has 43 heavy (non-hydrogen) atoms. The van der Waals surface area contributed by atoms with Crippen LogP contribution in [-0.4, -0.2) is 67.7 Å². The standard InChI is InChI=1S/C33H40ClN5O3S/c1-5-23-18-24(29-15-12-27(36-22(29)2)21-43(40,41)31-9-7-6-8-30(31)34)19-25-20-35-33(38-32(23)25)37-26-10-13-28(14-11-26)39(3)16-17-42-4/h6-9,12,15,18-20,26,28H,5,10-11,13-14,16-17,21H2,1-4H3,(H,35,37,38). The van der Waals surface area contributed by atoms with Crippen LogP contribution in [0, 0.1) is 6.92 Å². The van der Waals surface area contributed by atoms with E-state index in [2.05, 4.69) is 46.3 Å². The lowest BCUT2D eigenvalue weighted by Gasteiger charge is -2.34. The maximum atomic E-state index is 13.0. The molecule has 0 radical (unpaired) electrons. The molecular weight excluding hydrogens is 582 g/mol. The van der Waals surface area contributed by atoms with Gasteiger partial charge in [0.15, 0.2) is 9.84 Å². The van der Waals surface area contributed by atoms with E-state index in [9.17, 15) is 8.42 Å². The van der Waals surface area contributed by atoms with Gasteiger partial charge in [-0.25, -0.2) is 18.4 Å². The summed E-state index contributed by atoms with van der Waals surface area (Å²) in [6, 6.07) is 15.4. The molecule has 1 fully saturated rings. The highest BCUT2D eigenvalue weighted by molar-refractivity contribution is 7.90. The Bertz CT molecular complexity index is 1690. The van der Waals surface area contributed by atoms with Crippen molar-refractivity contribution >= 4 is 38.3 Å². The van der Waals surface area contributed by atoms with E-state index in [0.29, 0.717) is 23.7 Å². The van der Waals surface area contributed by atoms with E-state index >= 15 is 0 Å². The molecule has 0 saturated heterocycles. The Morgan fingerprint density at radius 1 is 1.07 bits per heavy atom. The smallest absolute Gasteiger partial charge is 0.223 e. The fraction of sp³-hybridized carbons (Fsp3) is 0.424. The summed E-state index contributed by atoms with van der Waals surface area (Å²) < 4.78 is 31.2. The average molecular weight is 622 g/mol. The van der Waals surface area contributed by atoms with Gasteiger partial charge in [0.2, 0.25) is 5.95 Å². The van der Waals surface area contributed by atoms with Crippen LogP contribution in [-0.2, 0) is 26.7 Å². The molecule has 1 aliphatic rings. The molecule has 228 valence electrons. The predicted octanol–water partition coefficient (Wildman–Crippen LogP) is 6.49. The molecule has 5 rings (SSSR count). The molecule has 2 heterocycles. The molecule has 0 amide bonds. The largest absolute Gasteiger partial charge is 0.383 e. The normalized spacial score (nSPS) is 17.4. The first-order chi connectivity index (χ1) is 20.7. The predicted molar refractivity (Wildman–Crippen MR) is 173 cm³/mol. The highest BCUT2D eigenvalue weighted by atomic mass is 35.5. The van der Waals surface area contributed by atoms with Gasteiger partial charge in [-0.1, -0.05) is 36.7 Å². The van der Waals surface area contributed by atoms with Crippen LogP contribution in [0.1, 0.15) is 49.6 Å². The number of nitrogens with zero attached hydrogens (tertiary/aromatic N) is 4. The Hall–Kier alpha value is -3.11. The summed E-state index contributed by atoms with van der Waals surface area (Å²) in [5, 5.41) is 4.77. The maximum absolute atomic E-state index is 13.0. The van der Waals surface area contributed by atoms with Gasteiger partial charge in [0, 0.05) is 48.6 Å². The van der Waals surface area contributed by atoms with Crippen molar-refractivity contribution in [3.8, 4) is 11.1 Å². The molecule has 0 aliphatic heterocycles. The number of anilines is 1. The van der Waals surface area contributed by atoms with Crippen LogP contribution in [0.5, 0.6) is 0 Å². The Morgan fingerprint density at radius 3 is 2.53 bits per heavy atom. The Morgan fingerprint density at radius 2 is 1.84 bits per heavy atom. The second-order valence-corrected chi connectivity index (χ2v) is 13.7. The summed E-state index contributed by atoms with van der Waals surface area (Å²) >= 11 is 6.16. The quantitative estimate of drug-likeness (QED) is 0.203. The number of pyridine rings is 1. The summed E-state index contributed by atoms with van der Waals surface area (Å²) in [6.45, 7) is 5.75. The van der Waals surface area contributed by atoms with Crippen LogP contribution >= 0.6 is 11.6 Å². The maximum Gasteiger partial charge on any atom is 0.223 e. The number of nitrogens with one attached hydrogen (secondary N) is 1. The summed E-state index contributed by atoms with van der Waals surface area (Å²) in [5.74, 6) is 0.457. The second-order valence-electron chi connectivity index (χ2n) is 11.4. The molecule has 0 atom stereocenters. The first-order valence-electron chi connectivity index (χ1n) is 14.9. The van der Waals surface area contributed by atoms with Crippen molar-refractivity contribution in [3.63, 3.8) is 0 Å². The minimum absolute atomic E-state index is 0.120. The van der Waals surface area contributed by atoms with Gasteiger partial charge in [-0.2, -0.15) is 0 Å². The van der Waals surface area contributed by atoms with Crippen LogP contribution in [0.3, 0.4) is 0 Å². The molecule has 10 heteroatoms. The van der Waals surface area contributed by atoms with Gasteiger partial charge >= 0.3 is 0 Å². The topological polar surface area (TPSA) is 97.3 Å². The van der Waals surface area contributed by atoms with Gasteiger partial charge in [-0.15, -0.1) is 0 Å². The average Bonchev–Trinajstić information content (AvgIpc) is 2.99. The third-order valence-corrected chi connectivity index (χ3v) is 10.6. The number of rotatable bonds is 11. The van der Waals surface area contributed by atoms with Crippen molar-refractivity contribution in [2.45, 2.75) is 68.7 Å². The molecular formula is C33H40ClN5O3S. The first-order valence-corrected chi connectivity index (χ1v) is 16.9. The summed E-state index contributed by atoms with van der Waals surface area (Å²) in [7, 11) is 0.307. The van der Waals surface area contributed by atoms with Crippen LogP contribution in [0.2, 0.25) is 5.02 Å². The Labute approximate surface area is 259 Å². The minimum atomic E-state index is -3.63. The second kappa shape index (κ2) is 13.7. The molecule has 0 spiro atoms. The van der Waals surface area contributed by atoms with Crippen LogP contribution in [0.15, 0.2) is 59.6 Å². The zero-order valence-corrected chi connectivity index (χ0v) is 26.9. The number of sulfone groups is 1. The highest BCUT2D eigenvalue weighted by Crippen LogP contribution is 2.31. The molecule has 0 unspecified atom stereocenters. The number of halogens is 1. The third-order valence-electron chi connectivity index (χ3n) is 8.41. The SMILES string of the molecule is CCc1cc(-c2ccc(CS(=O)(=O)c3ccccc3Cl)nc2C)cc2cnc(NC3CCC(N(C)CCOC)CC3)nc12. The highest BCUT2D eigenvalue weighted by Gasteiger charge is 2.25. The molecule has 1 saturated carbocycles. The molecule has 2 aromatic carbocycles. The number of methoxy groups -OCH3 is 1. The van der Waals surface area contributed by atoms with Gasteiger partial charge in [0.05, 0.1) is 33.5 Å². The molecule has 2 aromatic heterocycles. The fourth-order valence-electron chi connectivity index (χ4n) is 5.94. The molecule has 8 nitrogen and oxygen atoms in total. The molecule has 4 aromatic rings. The number of ether oxygens (including phenoxy) is 1. The van der Waals surface area contributed by atoms with Crippen molar-refractivity contribution in [3.05, 3.63) is 76.7 Å². The van der Waals surface area contributed by atoms with E-state index in [-0.39, 0.29) is 15.7 Å². The van der Waals surface area contributed by atoms with E-state index in [1.807, 2.05) is 19.2 Å². The van der Waals surface area contributed by atoms with Gasteiger partial charge in [0.1, 0.15) is 0 Å². The van der Waals surface area contributed by atoms with Crippen molar-refractivity contribution in [2.24, 2.45) is 0 Å². The zero-order chi connectivity index (χ0) is 30.6. The summed E-state index contributed by atoms with van der Waals surface area (Å²) in [6.07, 6.45) is 7.18. The van der Waals surface area contributed by atoms with Gasteiger partial charge in [0.25, 0.3) is 0 Å². The number of hydrogen-bond acceptors (Lipinski definition) is 8. The van der Waals surface area contributed by atoms with Crippen molar-refractivity contribution in [1.82, 2.24) is 19.9 Å². The molecule has 0 bridgehead atoms. The first kappa shape index (κ1) is 31.3. The van der Waals surface area contributed by atoms with Crippen molar-refractivity contribution < 1.29 is 13.2 Å². The van der Waals surface area contributed by atoms with Crippen LogP contribution in [0.25, 0.3) is 22.0 Å². The lowest BCUT2D eigenvalue weighted by atomic mass is 9.90. The number of likely N-dealkylation sites (N-methyl/N-ethyl adjacent to an activating group) is 1. The lowest BCUT2D eigenvalue weighted by Crippen LogP contribution is -2.39. The number of aromatic nitrogens is 3. The number of fused-ring (bicyclic) bond motifs is 1. The summed E-state index contributed by atoms with van der Waals surface area (Å²) in [5.41, 5.74) is 5.28. The van der Waals surface area contributed by atoms with E-state index in [1.165, 1.54) is 6.07 Å². The van der Waals surface area contributed by atoms with E-state index in [1.54, 1.807) is 31.4 Å². The molecule has 1 aliphatic carbocycles. The third kappa shape index (κ3) is 7.34. The van der Waals surface area contributed by atoms with Crippen molar-refractivity contribution in [1.29, 1.82) is 0 Å². The minimum Gasteiger partial charge on any atom is -0.383 e. The van der Waals surface area contributed by atoms with Gasteiger partial charge in [-0.05, 0) is 87.5 Å². The van der Waals surface area contributed by atoms with E-state index in [0.717, 1.165) is 78.5 Å². The van der Waals surface area contributed by atoms with Crippen LogP contribution in [0.4, 0.5) is 5.95 Å². The Balaban J connectivity index is 1.31. The summed E-state index contributed by atoms with van der Waals surface area (Å²) in [4.78, 5) is 16.8. The van der Waals surface area contributed by atoms with E-state index in [4.69, 9.17) is 21.3 Å².